The Hall–Kier alpha value is -2.13. The van der Waals surface area contributed by atoms with Gasteiger partial charge in [-0.2, -0.15) is 4.31 Å². The van der Waals surface area contributed by atoms with Crippen LogP contribution in [0.4, 0.5) is 4.79 Å². The van der Waals surface area contributed by atoms with Gasteiger partial charge in [-0.25, -0.2) is 13.2 Å². The second kappa shape index (κ2) is 8.08. The van der Waals surface area contributed by atoms with Crippen molar-refractivity contribution in [3.05, 3.63) is 29.3 Å². The number of hydrogen-bond donors (Lipinski definition) is 1. The summed E-state index contributed by atoms with van der Waals surface area (Å²) in [5, 5.41) is 0. The Bertz CT molecular complexity index is 863. The van der Waals surface area contributed by atoms with Crippen LogP contribution in [-0.4, -0.2) is 73.7 Å². The Balaban J connectivity index is 1.63. The van der Waals surface area contributed by atoms with Gasteiger partial charge < -0.3 is 15.5 Å². The predicted molar refractivity (Wildman–Crippen MR) is 105 cm³/mol. The van der Waals surface area contributed by atoms with E-state index in [0.29, 0.717) is 31.1 Å². The Labute approximate surface area is 166 Å². The summed E-state index contributed by atoms with van der Waals surface area (Å²) in [7, 11) is -3.57. The molecule has 1 aromatic carbocycles. The first-order valence-electron chi connectivity index (χ1n) is 9.60. The third-order valence-corrected chi connectivity index (χ3v) is 7.64. The first-order chi connectivity index (χ1) is 13.2. The molecule has 2 aliphatic heterocycles. The number of carbonyl (C=O) groups excluding carboxylic acids is 2. The molecular formula is C19H28N4O4S. The molecule has 2 aliphatic rings. The van der Waals surface area contributed by atoms with Crippen LogP contribution in [-0.2, 0) is 14.8 Å². The number of sulfonamides is 1. The van der Waals surface area contributed by atoms with Crippen molar-refractivity contribution in [2.75, 3.05) is 39.3 Å². The summed E-state index contributed by atoms with van der Waals surface area (Å²) in [5.74, 6) is -0.279. The van der Waals surface area contributed by atoms with Gasteiger partial charge in [0.25, 0.3) is 0 Å². The zero-order chi connectivity index (χ0) is 20.5. The highest BCUT2D eigenvalue weighted by molar-refractivity contribution is 7.89. The van der Waals surface area contributed by atoms with Crippen LogP contribution in [0, 0.1) is 19.8 Å². The number of urea groups is 1. The number of amides is 3. The predicted octanol–water partition coefficient (Wildman–Crippen LogP) is 0.927. The molecule has 3 rings (SSSR count). The minimum atomic E-state index is -3.57. The maximum atomic E-state index is 12.9. The van der Waals surface area contributed by atoms with Crippen LogP contribution in [0.5, 0.6) is 0 Å². The van der Waals surface area contributed by atoms with Gasteiger partial charge in [0.15, 0.2) is 0 Å². The van der Waals surface area contributed by atoms with E-state index in [1.165, 1.54) is 9.21 Å². The van der Waals surface area contributed by atoms with Crippen molar-refractivity contribution in [2.24, 2.45) is 11.7 Å². The molecule has 2 heterocycles. The van der Waals surface area contributed by atoms with Crippen molar-refractivity contribution < 1.29 is 18.0 Å². The molecule has 1 atom stereocenters. The lowest BCUT2D eigenvalue weighted by molar-refractivity contribution is -0.138. The maximum Gasteiger partial charge on any atom is 0.314 e. The van der Waals surface area contributed by atoms with E-state index < -0.39 is 16.1 Å². The van der Waals surface area contributed by atoms with E-state index in [9.17, 15) is 18.0 Å². The molecule has 0 aliphatic carbocycles. The fraction of sp³-hybridized carbons (Fsp3) is 0.579. The lowest BCUT2D eigenvalue weighted by Gasteiger charge is -2.38. The monoisotopic (exact) mass is 408 g/mol. The normalized spacial score (nSPS) is 21.6. The molecule has 3 amide bonds. The van der Waals surface area contributed by atoms with Gasteiger partial charge in [-0.3, -0.25) is 4.79 Å². The van der Waals surface area contributed by atoms with Crippen molar-refractivity contribution in [1.29, 1.82) is 0 Å². The molecule has 0 bridgehead atoms. The van der Waals surface area contributed by atoms with Crippen LogP contribution in [0.15, 0.2) is 23.1 Å². The smallest absolute Gasteiger partial charge is 0.314 e. The van der Waals surface area contributed by atoms with Gasteiger partial charge in [0, 0.05) is 39.3 Å². The van der Waals surface area contributed by atoms with Crippen LogP contribution in [0.25, 0.3) is 0 Å². The van der Waals surface area contributed by atoms with Gasteiger partial charge in [-0.05, 0) is 49.9 Å². The van der Waals surface area contributed by atoms with Crippen LogP contribution >= 0.6 is 0 Å². The second-order valence-electron chi connectivity index (χ2n) is 7.60. The van der Waals surface area contributed by atoms with Crippen molar-refractivity contribution in [3.8, 4) is 0 Å². The summed E-state index contributed by atoms with van der Waals surface area (Å²) in [6.07, 6.45) is 1.48. The summed E-state index contributed by atoms with van der Waals surface area (Å²) in [4.78, 5) is 27.7. The quantitative estimate of drug-likeness (QED) is 0.803. The van der Waals surface area contributed by atoms with Gasteiger partial charge in [0.2, 0.25) is 15.9 Å². The number of rotatable bonds is 3. The average Bonchev–Trinajstić information content (AvgIpc) is 2.69. The lowest BCUT2D eigenvalue weighted by Crippen LogP contribution is -2.54. The summed E-state index contributed by atoms with van der Waals surface area (Å²) in [5.41, 5.74) is 7.32. The maximum absolute atomic E-state index is 12.9. The van der Waals surface area contributed by atoms with E-state index in [0.717, 1.165) is 24.0 Å². The van der Waals surface area contributed by atoms with E-state index in [4.69, 9.17) is 5.73 Å². The number of nitrogens with zero attached hydrogens (tertiary/aromatic N) is 3. The molecule has 0 spiro atoms. The average molecular weight is 409 g/mol. The zero-order valence-corrected chi connectivity index (χ0v) is 17.2. The van der Waals surface area contributed by atoms with E-state index in [1.54, 1.807) is 17.0 Å². The molecule has 1 aromatic rings. The van der Waals surface area contributed by atoms with Crippen molar-refractivity contribution >= 4 is 22.0 Å². The zero-order valence-electron chi connectivity index (χ0n) is 16.4. The van der Waals surface area contributed by atoms with Crippen LogP contribution in [0.1, 0.15) is 24.0 Å². The fourth-order valence-corrected chi connectivity index (χ4v) is 5.32. The summed E-state index contributed by atoms with van der Waals surface area (Å²) >= 11 is 0. The first-order valence-corrected chi connectivity index (χ1v) is 11.0. The fourth-order valence-electron chi connectivity index (χ4n) is 3.81. The number of piperazine rings is 1. The number of nitrogens with two attached hydrogens (primary N) is 1. The second-order valence-corrected chi connectivity index (χ2v) is 9.54. The van der Waals surface area contributed by atoms with Gasteiger partial charge >= 0.3 is 6.03 Å². The standard InChI is InChI=1S/C19H28N4O4S/c1-14-5-6-17(12-15(14)2)28(26,27)23-10-8-21(9-11-23)18(24)16-4-3-7-22(13-16)19(20)25/h5-6,12,16H,3-4,7-11,13H2,1-2H3,(H2,20,25)/t16-/m1/s1. The Morgan fingerprint density at radius 2 is 1.68 bits per heavy atom. The molecular weight excluding hydrogens is 380 g/mol. The third kappa shape index (κ3) is 4.15. The van der Waals surface area contributed by atoms with Crippen LogP contribution in [0.2, 0.25) is 0 Å². The highest BCUT2D eigenvalue weighted by atomic mass is 32.2. The highest BCUT2D eigenvalue weighted by Crippen LogP contribution is 2.23. The minimum absolute atomic E-state index is 0.0193. The van der Waals surface area contributed by atoms with Gasteiger partial charge in [-0.15, -0.1) is 0 Å². The number of benzene rings is 1. The minimum Gasteiger partial charge on any atom is -0.351 e. The van der Waals surface area contributed by atoms with E-state index in [2.05, 4.69) is 0 Å². The van der Waals surface area contributed by atoms with Gasteiger partial charge in [-0.1, -0.05) is 6.07 Å². The molecule has 2 fully saturated rings. The number of aryl methyl sites for hydroxylation is 2. The summed E-state index contributed by atoms with van der Waals surface area (Å²) in [6, 6.07) is 4.65. The van der Waals surface area contributed by atoms with Gasteiger partial charge in [0.1, 0.15) is 0 Å². The molecule has 154 valence electrons. The van der Waals surface area contributed by atoms with Crippen LogP contribution < -0.4 is 5.73 Å². The molecule has 0 aromatic heterocycles. The SMILES string of the molecule is Cc1ccc(S(=O)(=O)N2CCN(C(=O)[C@@H]3CCCN(C(N)=O)C3)CC2)cc1C. The topological polar surface area (TPSA) is 104 Å². The molecule has 2 saturated heterocycles. The molecule has 2 N–H and O–H groups in total. The van der Waals surface area contributed by atoms with E-state index in [1.807, 2.05) is 19.9 Å². The van der Waals surface area contributed by atoms with E-state index >= 15 is 0 Å². The summed E-state index contributed by atoms with van der Waals surface area (Å²) < 4.78 is 27.3. The van der Waals surface area contributed by atoms with Crippen LogP contribution in [0.3, 0.4) is 0 Å². The lowest BCUT2D eigenvalue weighted by atomic mass is 9.96. The molecule has 8 nitrogen and oxygen atoms in total. The molecule has 28 heavy (non-hydrogen) atoms. The number of carbonyl (C=O) groups is 2. The van der Waals surface area contributed by atoms with Gasteiger partial charge in [0.05, 0.1) is 10.8 Å². The molecule has 0 saturated carbocycles. The Morgan fingerprint density at radius 1 is 1.00 bits per heavy atom. The number of primary amides is 1. The third-order valence-electron chi connectivity index (χ3n) is 5.75. The van der Waals surface area contributed by atoms with Crippen molar-refractivity contribution in [2.45, 2.75) is 31.6 Å². The molecule has 0 unspecified atom stereocenters. The Kier molecular flexibility index (Phi) is 5.95. The van der Waals surface area contributed by atoms with E-state index in [-0.39, 0.29) is 24.9 Å². The summed E-state index contributed by atoms with van der Waals surface area (Å²) in [6.45, 7) is 6.02. The highest BCUT2D eigenvalue weighted by Gasteiger charge is 2.34. The number of likely N-dealkylation sites (tertiary alicyclic amines) is 1. The number of piperidine rings is 1. The number of hydrogen-bond acceptors (Lipinski definition) is 4. The largest absolute Gasteiger partial charge is 0.351 e. The first kappa shape index (κ1) is 20.6. The molecule has 9 heteroatoms. The van der Waals surface area contributed by atoms with Crippen molar-refractivity contribution in [3.63, 3.8) is 0 Å². The molecule has 0 radical (unpaired) electrons. The Morgan fingerprint density at radius 3 is 2.29 bits per heavy atom. The van der Waals surface area contributed by atoms with Crippen molar-refractivity contribution in [1.82, 2.24) is 14.1 Å².